The summed E-state index contributed by atoms with van der Waals surface area (Å²) < 4.78 is 35.9. The van der Waals surface area contributed by atoms with E-state index in [1.54, 1.807) is 20.1 Å². The van der Waals surface area contributed by atoms with Crippen LogP contribution >= 0.6 is 11.8 Å². The van der Waals surface area contributed by atoms with Crippen molar-refractivity contribution in [2.75, 3.05) is 6.26 Å². The Morgan fingerprint density at radius 3 is 2.07 bits per heavy atom. The summed E-state index contributed by atoms with van der Waals surface area (Å²) in [5.41, 5.74) is 0. The van der Waals surface area contributed by atoms with E-state index >= 15 is 0 Å². The average molecular weight is 248 g/mol. The standard InChI is InChI=1S/C10H13FO2S2/c1-10(2,14-3)15(12,13)9-6-4-8(11)5-7-9/h4-7H,1-3H3. The summed E-state index contributed by atoms with van der Waals surface area (Å²) in [5.74, 6) is -0.434. The van der Waals surface area contributed by atoms with E-state index in [1.165, 1.54) is 23.9 Å². The molecular formula is C10H13FO2S2. The van der Waals surface area contributed by atoms with Gasteiger partial charge in [-0.25, -0.2) is 12.8 Å². The Hall–Kier alpha value is -0.550. The van der Waals surface area contributed by atoms with Crippen LogP contribution in [0.1, 0.15) is 13.8 Å². The molecule has 0 atom stereocenters. The Bertz CT molecular complexity index is 435. The molecule has 1 aromatic rings. The maximum absolute atomic E-state index is 12.7. The Balaban J connectivity index is 3.24. The van der Waals surface area contributed by atoms with E-state index < -0.39 is 19.7 Å². The van der Waals surface area contributed by atoms with Crippen molar-refractivity contribution in [3.05, 3.63) is 30.1 Å². The van der Waals surface area contributed by atoms with E-state index in [9.17, 15) is 12.8 Å². The van der Waals surface area contributed by atoms with E-state index in [2.05, 4.69) is 0 Å². The number of rotatable bonds is 3. The molecule has 2 nitrogen and oxygen atoms in total. The summed E-state index contributed by atoms with van der Waals surface area (Å²) in [6.45, 7) is 3.27. The number of thioether (sulfide) groups is 1. The summed E-state index contributed by atoms with van der Waals surface area (Å²) in [5, 5.41) is 0. The van der Waals surface area contributed by atoms with Gasteiger partial charge in [-0.1, -0.05) is 0 Å². The van der Waals surface area contributed by atoms with E-state index in [1.807, 2.05) is 0 Å². The molecular weight excluding hydrogens is 235 g/mol. The molecule has 5 heteroatoms. The maximum Gasteiger partial charge on any atom is 0.192 e. The van der Waals surface area contributed by atoms with Crippen LogP contribution in [0.3, 0.4) is 0 Å². The van der Waals surface area contributed by atoms with Crippen LogP contribution in [-0.4, -0.2) is 18.8 Å². The molecule has 0 aliphatic carbocycles. The fraction of sp³-hybridized carbons (Fsp3) is 0.400. The average Bonchev–Trinajstić information content (AvgIpc) is 2.18. The van der Waals surface area contributed by atoms with Gasteiger partial charge in [0.25, 0.3) is 0 Å². The highest BCUT2D eigenvalue weighted by atomic mass is 32.3. The first-order valence-electron chi connectivity index (χ1n) is 4.36. The van der Waals surface area contributed by atoms with Crippen LogP contribution in [0, 0.1) is 5.82 Å². The molecule has 0 aliphatic rings. The lowest BCUT2D eigenvalue weighted by molar-refractivity contribution is 0.581. The highest BCUT2D eigenvalue weighted by Gasteiger charge is 2.34. The zero-order chi connectivity index (χ0) is 11.7. The molecule has 0 fully saturated rings. The van der Waals surface area contributed by atoms with Gasteiger partial charge in [0.2, 0.25) is 0 Å². The summed E-state index contributed by atoms with van der Waals surface area (Å²) >= 11 is 1.25. The molecule has 1 aromatic carbocycles. The summed E-state index contributed by atoms with van der Waals surface area (Å²) in [7, 11) is -3.41. The molecule has 0 radical (unpaired) electrons. The zero-order valence-corrected chi connectivity index (χ0v) is 10.5. The van der Waals surface area contributed by atoms with Gasteiger partial charge in [0.1, 0.15) is 9.90 Å². The van der Waals surface area contributed by atoms with Crippen molar-refractivity contribution >= 4 is 21.6 Å². The number of halogens is 1. The summed E-state index contributed by atoms with van der Waals surface area (Å²) in [6, 6.07) is 4.90. The smallest absolute Gasteiger partial charge is 0.192 e. The Morgan fingerprint density at radius 1 is 1.20 bits per heavy atom. The highest BCUT2D eigenvalue weighted by molar-refractivity contribution is 8.14. The van der Waals surface area contributed by atoms with Gasteiger partial charge in [-0.3, -0.25) is 0 Å². The van der Waals surface area contributed by atoms with Gasteiger partial charge in [-0.15, -0.1) is 11.8 Å². The van der Waals surface area contributed by atoms with Crippen LogP contribution in [0.15, 0.2) is 29.2 Å². The van der Waals surface area contributed by atoms with Gasteiger partial charge < -0.3 is 0 Å². The lowest BCUT2D eigenvalue weighted by Gasteiger charge is -2.22. The van der Waals surface area contributed by atoms with Crippen molar-refractivity contribution in [3.8, 4) is 0 Å². The normalized spacial score (nSPS) is 12.8. The molecule has 0 heterocycles. The fourth-order valence-corrected chi connectivity index (χ4v) is 3.24. The molecule has 0 saturated carbocycles. The molecule has 0 amide bonds. The van der Waals surface area contributed by atoms with Gasteiger partial charge in [-0.05, 0) is 44.4 Å². The zero-order valence-electron chi connectivity index (χ0n) is 8.82. The summed E-state index contributed by atoms with van der Waals surface area (Å²) in [4.78, 5) is 0.156. The second-order valence-corrected chi connectivity index (χ2v) is 7.75. The number of sulfone groups is 1. The van der Waals surface area contributed by atoms with Gasteiger partial charge in [0, 0.05) is 0 Å². The lowest BCUT2D eigenvalue weighted by Crippen LogP contribution is -2.27. The predicted molar refractivity (Wildman–Crippen MR) is 61.2 cm³/mol. The SMILES string of the molecule is CSC(C)(C)S(=O)(=O)c1ccc(F)cc1. The second kappa shape index (κ2) is 4.14. The van der Waals surface area contributed by atoms with Crippen LogP contribution in [-0.2, 0) is 9.84 Å². The van der Waals surface area contributed by atoms with Gasteiger partial charge >= 0.3 is 0 Å². The third kappa shape index (κ3) is 2.34. The minimum absolute atomic E-state index is 0.156. The molecule has 1 rings (SSSR count). The monoisotopic (exact) mass is 248 g/mol. The minimum atomic E-state index is -3.41. The minimum Gasteiger partial charge on any atom is -0.222 e. The third-order valence-electron chi connectivity index (χ3n) is 2.26. The van der Waals surface area contributed by atoms with E-state index in [-0.39, 0.29) is 4.90 Å². The first kappa shape index (κ1) is 12.5. The Labute approximate surface area is 93.8 Å². The molecule has 0 bridgehead atoms. The third-order valence-corrected chi connectivity index (χ3v) is 6.59. The van der Waals surface area contributed by atoms with E-state index in [4.69, 9.17) is 0 Å². The molecule has 0 spiro atoms. The number of benzene rings is 1. The molecule has 0 N–H and O–H groups in total. The first-order chi connectivity index (χ1) is 6.81. The molecule has 0 aromatic heterocycles. The van der Waals surface area contributed by atoms with Crippen LogP contribution in [0.5, 0.6) is 0 Å². The van der Waals surface area contributed by atoms with Gasteiger partial charge in [-0.2, -0.15) is 0 Å². The van der Waals surface area contributed by atoms with Crippen molar-refractivity contribution in [3.63, 3.8) is 0 Å². The lowest BCUT2D eigenvalue weighted by atomic mass is 10.4. The van der Waals surface area contributed by atoms with Crippen LogP contribution in [0.4, 0.5) is 4.39 Å². The van der Waals surface area contributed by atoms with E-state index in [0.29, 0.717) is 0 Å². The van der Waals surface area contributed by atoms with Crippen molar-refractivity contribution in [1.29, 1.82) is 0 Å². The van der Waals surface area contributed by atoms with Gasteiger partial charge in [0.05, 0.1) is 4.90 Å². The number of hydrogen-bond donors (Lipinski definition) is 0. The van der Waals surface area contributed by atoms with Gasteiger partial charge in [0.15, 0.2) is 9.84 Å². The maximum atomic E-state index is 12.7. The first-order valence-corrected chi connectivity index (χ1v) is 7.07. The van der Waals surface area contributed by atoms with Crippen LogP contribution < -0.4 is 0 Å². The Kier molecular flexibility index (Phi) is 3.45. The molecule has 84 valence electrons. The van der Waals surface area contributed by atoms with E-state index in [0.717, 1.165) is 12.1 Å². The molecule has 15 heavy (non-hydrogen) atoms. The number of hydrogen-bond acceptors (Lipinski definition) is 3. The molecule has 0 saturated heterocycles. The predicted octanol–water partition coefficient (Wildman–Crippen LogP) is 2.70. The Morgan fingerprint density at radius 2 is 1.67 bits per heavy atom. The van der Waals surface area contributed by atoms with Crippen molar-refractivity contribution < 1.29 is 12.8 Å². The second-order valence-electron chi connectivity index (χ2n) is 3.56. The molecule has 0 unspecified atom stereocenters. The van der Waals surface area contributed by atoms with Crippen molar-refractivity contribution in [2.45, 2.75) is 22.8 Å². The van der Waals surface area contributed by atoms with Crippen LogP contribution in [0.2, 0.25) is 0 Å². The van der Waals surface area contributed by atoms with Crippen molar-refractivity contribution in [1.82, 2.24) is 0 Å². The summed E-state index contributed by atoms with van der Waals surface area (Å²) in [6.07, 6.45) is 1.74. The largest absolute Gasteiger partial charge is 0.222 e. The fourth-order valence-electron chi connectivity index (χ4n) is 1.01. The highest BCUT2D eigenvalue weighted by Crippen LogP contribution is 2.33. The van der Waals surface area contributed by atoms with Crippen LogP contribution in [0.25, 0.3) is 0 Å². The van der Waals surface area contributed by atoms with Crippen molar-refractivity contribution in [2.24, 2.45) is 0 Å². The molecule has 0 aliphatic heterocycles. The quantitative estimate of drug-likeness (QED) is 0.771. The topological polar surface area (TPSA) is 34.1 Å².